The predicted octanol–water partition coefficient (Wildman–Crippen LogP) is 3.02. The van der Waals surface area contributed by atoms with Crippen molar-refractivity contribution < 1.29 is 13.3 Å². The van der Waals surface area contributed by atoms with Crippen LogP contribution in [0.4, 0.5) is 5.69 Å². The van der Waals surface area contributed by atoms with Crippen LogP contribution in [-0.2, 0) is 16.6 Å². The Hall–Kier alpha value is -2.43. The van der Waals surface area contributed by atoms with E-state index in [1.54, 1.807) is 0 Å². The number of nitrogens with one attached hydrogen (secondary N) is 1. The van der Waals surface area contributed by atoms with Gasteiger partial charge in [-0.15, -0.1) is 0 Å². The number of nitrogens with zero attached hydrogens (tertiary/aromatic N) is 3. The van der Waals surface area contributed by atoms with Gasteiger partial charge in [-0.3, -0.25) is 10.1 Å². The molecule has 1 heterocycles. The van der Waals surface area contributed by atoms with E-state index in [1.165, 1.54) is 19.2 Å². The third-order valence-corrected chi connectivity index (χ3v) is 6.31. The summed E-state index contributed by atoms with van der Waals surface area (Å²) < 4.78 is 27.9. The molecule has 0 saturated carbocycles. The van der Waals surface area contributed by atoms with Crippen molar-refractivity contribution in [1.82, 2.24) is 14.3 Å². The molecule has 1 N–H and O–H groups in total. The van der Waals surface area contributed by atoms with Gasteiger partial charge in [-0.25, -0.2) is 18.1 Å². The van der Waals surface area contributed by atoms with E-state index in [-0.39, 0.29) is 10.6 Å². The van der Waals surface area contributed by atoms with Crippen LogP contribution in [0.25, 0.3) is 11.0 Å². The van der Waals surface area contributed by atoms with Gasteiger partial charge in [0.1, 0.15) is 0 Å². The van der Waals surface area contributed by atoms with Gasteiger partial charge in [0.2, 0.25) is 10.0 Å². The summed E-state index contributed by atoms with van der Waals surface area (Å²) in [6.45, 7) is 2.62. The van der Waals surface area contributed by atoms with Crippen LogP contribution in [0.5, 0.6) is 0 Å². The number of aromatic nitrogens is 2. The van der Waals surface area contributed by atoms with Crippen molar-refractivity contribution in [2.24, 2.45) is 0 Å². The zero-order valence-electron chi connectivity index (χ0n) is 14.0. The summed E-state index contributed by atoms with van der Waals surface area (Å²) >= 11 is 1.14. The molecule has 0 aliphatic rings. The number of fused-ring (bicyclic) bond motifs is 1. The number of rotatable bonds is 6. The maximum atomic E-state index is 11.9. The number of nitro groups is 1. The topological polar surface area (TPSA) is 107 Å². The Bertz CT molecular complexity index is 1090. The fourth-order valence-corrected chi connectivity index (χ4v) is 4.35. The van der Waals surface area contributed by atoms with Gasteiger partial charge < -0.3 is 4.57 Å². The molecule has 0 amide bonds. The van der Waals surface area contributed by atoms with Gasteiger partial charge in [0.05, 0.1) is 25.7 Å². The van der Waals surface area contributed by atoms with Crippen LogP contribution in [0.2, 0.25) is 0 Å². The van der Waals surface area contributed by atoms with E-state index in [0.29, 0.717) is 16.6 Å². The molecule has 0 bridgehead atoms. The van der Waals surface area contributed by atoms with Gasteiger partial charge in [-0.1, -0.05) is 12.1 Å². The molecule has 8 nitrogen and oxygen atoms in total. The van der Waals surface area contributed by atoms with Crippen molar-refractivity contribution in [2.75, 3.05) is 7.05 Å². The second-order valence-electron chi connectivity index (χ2n) is 5.32. The van der Waals surface area contributed by atoms with Gasteiger partial charge in [0, 0.05) is 12.6 Å². The van der Waals surface area contributed by atoms with Crippen LogP contribution in [-0.4, -0.2) is 29.9 Å². The number of benzene rings is 2. The van der Waals surface area contributed by atoms with E-state index < -0.39 is 14.9 Å². The highest BCUT2D eigenvalue weighted by Gasteiger charge is 2.22. The van der Waals surface area contributed by atoms with Crippen molar-refractivity contribution in [3.8, 4) is 0 Å². The molecular weight excluding hydrogens is 376 g/mol. The van der Waals surface area contributed by atoms with Crippen molar-refractivity contribution in [3.05, 3.63) is 52.6 Å². The average molecular weight is 392 g/mol. The molecule has 0 aliphatic carbocycles. The number of sulfonamides is 1. The van der Waals surface area contributed by atoms with E-state index in [0.717, 1.165) is 28.9 Å². The largest absolute Gasteiger partial charge is 0.319 e. The summed E-state index contributed by atoms with van der Waals surface area (Å²) in [6.07, 6.45) is 0. The predicted molar refractivity (Wildman–Crippen MR) is 98.9 cm³/mol. The smallest absolute Gasteiger partial charge is 0.284 e. The Labute approximate surface area is 154 Å². The highest BCUT2D eigenvalue weighted by molar-refractivity contribution is 7.99. The van der Waals surface area contributed by atoms with Crippen LogP contribution in [0, 0.1) is 10.1 Å². The Morgan fingerprint density at radius 2 is 2.00 bits per heavy atom. The van der Waals surface area contributed by atoms with E-state index in [9.17, 15) is 18.5 Å². The minimum Gasteiger partial charge on any atom is -0.319 e. The lowest BCUT2D eigenvalue weighted by Gasteiger charge is -2.08. The number of aryl methyl sites for hydroxylation is 1. The molecule has 0 aliphatic heterocycles. The zero-order valence-corrected chi connectivity index (χ0v) is 15.7. The lowest BCUT2D eigenvalue weighted by Crippen LogP contribution is -2.18. The molecular formula is C16H16N4O4S2. The Morgan fingerprint density at radius 3 is 2.65 bits per heavy atom. The average Bonchev–Trinajstić information content (AvgIpc) is 2.98. The summed E-state index contributed by atoms with van der Waals surface area (Å²) in [7, 11) is -2.50. The maximum Gasteiger partial charge on any atom is 0.284 e. The fourth-order valence-electron chi connectivity index (χ4n) is 2.55. The van der Waals surface area contributed by atoms with Gasteiger partial charge in [0.25, 0.3) is 5.69 Å². The number of hydrogen-bond acceptors (Lipinski definition) is 6. The quantitative estimate of drug-likeness (QED) is 0.510. The molecule has 136 valence electrons. The highest BCUT2D eigenvalue weighted by Crippen LogP contribution is 2.37. The molecule has 1 aromatic heterocycles. The molecule has 0 unspecified atom stereocenters. The lowest BCUT2D eigenvalue weighted by molar-refractivity contribution is -0.388. The number of para-hydroxylation sites is 2. The van der Waals surface area contributed by atoms with E-state index in [1.807, 2.05) is 35.8 Å². The summed E-state index contributed by atoms with van der Waals surface area (Å²) in [6, 6.07) is 11.4. The molecule has 2 aromatic carbocycles. The van der Waals surface area contributed by atoms with Crippen LogP contribution >= 0.6 is 11.8 Å². The first-order chi connectivity index (χ1) is 12.4. The molecule has 0 atom stereocenters. The van der Waals surface area contributed by atoms with Gasteiger partial charge in [-0.05, 0) is 50.0 Å². The first-order valence-electron chi connectivity index (χ1n) is 7.72. The molecule has 3 aromatic rings. The van der Waals surface area contributed by atoms with Crippen molar-refractivity contribution in [3.63, 3.8) is 0 Å². The summed E-state index contributed by atoms with van der Waals surface area (Å²) in [5, 5.41) is 12.1. The summed E-state index contributed by atoms with van der Waals surface area (Å²) in [5.41, 5.74) is 1.46. The van der Waals surface area contributed by atoms with Crippen molar-refractivity contribution in [2.45, 2.75) is 28.4 Å². The SMILES string of the molecule is CCn1c(Sc2ccc(S(=O)(=O)NC)cc2[N+](=O)[O-])nc2ccccc21. The van der Waals surface area contributed by atoms with E-state index in [4.69, 9.17) is 0 Å². The van der Waals surface area contributed by atoms with E-state index >= 15 is 0 Å². The monoisotopic (exact) mass is 392 g/mol. The van der Waals surface area contributed by atoms with Crippen molar-refractivity contribution >= 4 is 38.5 Å². The molecule has 3 rings (SSSR count). The third kappa shape index (κ3) is 3.30. The summed E-state index contributed by atoms with van der Waals surface area (Å²) in [4.78, 5) is 15.6. The number of hydrogen-bond donors (Lipinski definition) is 1. The van der Waals surface area contributed by atoms with Crippen LogP contribution in [0.3, 0.4) is 0 Å². The van der Waals surface area contributed by atoms with Crippen LogP contribution < -0.4 is 4.72 Å². The highest BCUT2D eigenvalue weighted by atomic mass is 32.2. The third-order valence-electron chi connectivity index (χ3n) is 3.84. The molecule has 0 radical (unpaired) electrons. The van der Waals surface area contributed by atoms with Crippen molar-refractivity contribution in [1.29, 1.82) is 0 Å². The lowest BCUT2D eigenvalue weighted by atomic mass is 10.3. The van der Waals surface area contributed by atoms with Crippen LogP contribution in [0.15, 0.2) is 57.4 Å². The molecule has 0 spiro atoms. The first-order valence-corrected chi connectivity index (χ1v) is 10.0. The molecule has 10 heteroatoms. The standard InChI is InChI=1S/C16H16N4O4S2/c1-3-19-13-7-5-4-6-12(13)18-16(19)25-15-9-8-11(26(23,24)17-2)10-14(15)20(21)22/h4-10,17H,3H2,1-2H3. The number of nitro benzene ring substituents is 1. The molecule has 0 fully saturated rings. The minimum atomic E-state index is -3.76. The van der Waals surface area contributed by atoms with E-state index in [2.05, 4.69) is 9.71 Å². The maximum absolute atomic E-state index is 11.9. The second-order valence-corrected chi connectivity index (χ2v) is 8.22. The Kier molecular flexibility index (Phi) is 4.99. The second kappa shape index (κ2) is 7.06. The van der Waals surface area contributed by atoms with Gasteiger partial charge in [-0.2, -0.15) is 0 Å². The Balaban J connectivity index is 2.09. The normalized spacial score (nSPS) is 11.8. The zero-order chi connectivity index (χ0) is 18.9. The molecule has 26 heavy (non-hydrogen) atoms. The van der Waals surface area contributed by atoms with Crippen LogP contribution in [0.1, 0.15) is 6.92 Å². The van der Waals surface area contributed by atoms with Gasteiger partial charge >= 0.3 is 0 Å². The first kappa shape index (κ1) is 18.4. The minimum absolute atomic E-state index is 0.153. The van der Waals surface area contributed by atoms with Gasteiger partial charge in [0.15, 0.2) is 5.16 Å². The summed E-state index contributed by atoms with van der Waals surface area (Å²) in [5.74, 6) is 0. The Morgan fingerprint density at radius 1 is 1.27 bits per heavy atom. The fraction of sp³-hybridized carbons (Fsp3) is 0.188. The molecule has 0 saturated heterocycles. The number of imidazole rings is 1.